The van der Waals surface area contributed by atoms with E-state index in [1.165, 1.54) is 5.56 Å². The standard InChI is InChI=1S/C24H33NO3/c1-6-22(28-23-16-18(4)9-10-19(23)5)24(26)25-15-7-8-20-11-13-21(14-12-20)27-17(2)3/h9-14,16-17,22H,6-8,15H2,1-5H3,(H,25,26)/t22-/m0/s1. The van der Waals surface area contributed by atoms with E-state index < -0.39 is 6.10 Å². The summed E-state index contributed by atoms with van der Waals surface area (Å²) in [5, 5.41) is 3.01. The summed E-state index contributed by atoms with van der Waals surface area (Å²) < 4.78 is 11.6. The molecule has 2 aromatic carbocycles. The Balaban J connectivity index is 1.78. The van der Waals surface area contributed by atoms with Crippen LogP contribution in [0.3, 0.4) is 0 Å². The summed E-state index contributed by atoms with van der Waals surface area (Å²) in [6.07, 6.45) is 2.15. The van der Waals surface area contributed by atoms with Crippen LogP contribution in [0.2, 0.25) is 0 Å². The Morgan fingerprint density at radius 3 is 2.39 bits per heavy atom. The molecule has 0 aromatic heterocycles. The Hall–Kier alpha value is -2.49. The fraction of sp³-hybridized carbons (Fsp3) is 0.458. The molecule has 0 aliphatic heterocycles. The van der Waals surface area contributed by atoms with Gasteiger partial charge in [0.2, 0.25) is 0 Å². The first-order valence-electron chi connectivity index (χ1n) is 10.2. The van der Waals surface area contributed by atoms with Crippen molar-refractivity contribution in [3.8, 4) is 11.5 Å². The molecule has 0 saturated heterocycles. The second kappa shape index (κ2) is 10.7. The molecule has 2 rings (SSSR count). The van der Waals surface area contributed by atoms with Gasteiger partial charge in [0.15, 0.2) is 6.10 Å². The predicted molar refractivity (Wildman–Crippen MR) is 114 cm³/mol. The number of rotatable bonds is 10. The van der Waals surface area contributed by atoms with Crippen molar-refractivity contribution in [2.45, 2.75) is 66.1 Å². The van der Waals surface area contributed by atoms with Gasteiger partial charge < -0.3 is 14.8 Å². The third-order valence-electron chi connectivity index (χ3n) is 4.51. The molecule has 4 nitrogen and oxygen atoms in total. The van der Waals surface area contributed by atoms with Crippen molar-refractivity contribution in [2.24, 2.45) is 0 Å². The van der Waals surface area contributed by atoms with Crippen LogP contribution in [0.15, 0.2) is 42.5 Å². The SMILES string of the molecule is CC[C@H](Oc1cc(C)ccc1C)C(=O)NCCCc1ccc(OC(C)C)cc1. The van der Waals surface area contributed by atoms with E-state index in [0.29, 0.717) is 13.0 Å². The lowest BCUT2D eigenvalue weighted by molar-refractivity contribution is -0.128. The lowest BCUT2D eigenvalue weighted by Crippen LogP contribution is -2.38. The molecular weight excluding hydrogens is 350 g/mol. The average molecular weight is 384 g/mol. The molecule has 1 amide bonds. The van der Waals surface area contributed by atoms with E-state index in [-0.39, 0.29) is 12.0 Å². The van der Waals surface area contributed by atoms with Gasteiger partial charge in [-0.2, -0.15) is 0 Å². The first kappa shape index (κ1) is 21.8. The van der Waals surface area contributed by atoms with Crippen LogP contribution in [0.5, 0.6) is 11.5 Å². The number of carbonyl (C=O) groups is 1. The highest BCUT2D eigenvalue weighted by Crippen LogP contribution is 2.21. The molecular formula is C24H33NO3. The molecule has 4 heteroatoms. The number of hydrogen-bond donors (Lipinski definition) is 1. The number of aryl methyl sites for hydroxylation is 3. The predicted octanol–water partition coefficient (Wildman–Crippen LogP) is 5.00. The van der Waals surface area contributed by atoms with Crippen molar-refractivity contribution in [1.29, 1.82) is 0 Å². The highest BCUT2D eigenvalue weighted by atomic mass is 16.5. The molecule has 0 bridgehead atoms. The molecule has 0 unspecified atom stereocenters. The molecule has 0 aliphatic carbocycles. The topological polar surface area (TPSA) is 47.6 Å². The number of carbonyl (C=O) groups excluding carboxylic acids is 1. The van der Waals surface area contributed by atoms with Crippen molar-refractivity contribution in [1.82, 2.24) is 5.32 Å². The Bertz CT molecular complexity index is 753. The van der Waals surface area contributed by atoms with Crippen LogP contribution < -0.4 is 14.8 Å². The van der Waals surface area contributed by atoms with Crippen LogP contribution in [-0.4, -0.2) is 24.7 Å². The van der Waals surface area contributed by atoms with Gasteiger partial charge in [-0.3, -0.25) is 4.79 Å². The van der Waals surface area contributed by atoms with E-state index in [4.69, 9.17) is 9.47 Å². The van der Waals surface area contributed by atoms with Gasteiger partial charge in [0.1, 0.15) is 11.5 Å². The van der Waals surface area contributed by atoms with Crippen LogP contribution in [0.25, 0.3) is 0 Å². The Kier molecular flexibility index (Phi) is 8.37. The van der Waals surface area contributed by atoms with Crippen molar-refractivity contribution in [2.75, 3.05) is 6.54 Å². The van der Waals surface area contributed by atoms with Gasteiger partial charge in [-0.05, 0) is 81.8 Å². The van der Waals surface area contributed by atoms with Crippen molar-refractivity contribution >= 4 is 5.91 Å². The zero-order valence-corrected chi connectivity index (χ0v) is 17.7. The summed E-state index contributed by atoms with van der Waals surface area (Å²) in [5.41, 5.74) is 3.41. The summed E-state index contributed by atoms with van der Waals surface area (Å²) in [6.45, 7) is 10.7. The number of hydrogen-bond acceptors (Lipinski definition) is 3. The minimum atomic E-state index is -0.465. The minimum Gasteiger partial charge on any atom is -0.491 e. The highest BCUT2D eigenvalue weighted by Gasteiger charge is 2.18. The molecule has 0 saturated carbocycles. The second-order valence-electron chi connectivity index (χ2n) is 7.49. The van der Waals surface area contributed by atoms with Crippen LogP contribution >= 0.6 is 0 Å². The smallest absolute Gasteiger partial charge is 0.261 e. The maximum atomic E-state index is 12.5. The summed E-state index contributed by atoms with van der Waals surface area (Å²) >= 11 is 0. The molecule has 0 fully saturated rings. The van der Waals surface area contributed by atoms with Crippen LogP contribution in [0.1, 0.15) is 50.3 Å². The molecule has 0 aliphatic rings. The number of amides is 1. The number of nitrogens with one attached hydrogen (secondary N) is 1. The fourth-order valence-corrected chi connectivity index (χ4v) is 2.93. The van der Waals surface area contributed by atoms with E-state index >= 15 is 0 Å². The fourth-order valence-electron chi connectivity index (χ4n) is 2.93. The Morgan fingerprint density at radius 1 is 1.04 bits per heavy atom. The van der Waals surface area contributed by atoms with Gasteiger partial charge in [0.05, 0.1) is 6.10 Å². The van der Waals surface area contributed by atoms with Crippen molar-refractivity contribution in [3.63, 3.8) is 0 Å². The Labute approximate surface area is 169 Å². The summed E-state index contributed by atoms with van der Waals surface area (Å²) in [7, 11) is 0. The quantitative estimate of drug-likeness (QED) is 0.588. The maximum absolute atomic E-state index is 12.5. The first-order chi connectivity index (χ1) is 13.4. The van der Waals surface area contributed by atoms with Crippen LogP contribution in [0, 0.1) is 13.8 Å². The highest BCUT2D eigenvalue weighted by molar-refractivity contribution is 5.81. The van der Waals surface area contributed by atoms with Gasteiger partial charge in [0.25, 0.3) is 5.91 Å². The number of ether oxygens (including phenoxy) is 2. The molecule has 0 radical (unpaired) electrons. The van der Waals surface area contributed by atoms with Gasteiger partial charge in [-0.25, -0.2) is 0 Å². The average Bonchev–Trinajstić information content (AvgIpc) is 2.66. The van der Waals surface area contributed by atoms with E-state index in [0.717, 1.165) is 35.5 Å². The van der Waals surface area contributed by atoms with Crippen molar-refractivity contribution in [3.05, 3.63) is 59.2 Å². The largest absolute Gasteiger partial charge is 0.491 e. The molecule has 1 N–H and O–H groups in total. The van der Waals surface area contributed by atoms with E-state index in [1.54, 1.807) is 0 Å². The molecule has 1 atom stereocenters. The monoisotopic (exact) mass is 383 g/mol. The van der Waals surface area contributed by atoms with Crippen LogP contribution in [-0.2, 0) is 11.2 Å². The summed E-state index contributed by atoms with van der Waals surface area (Å²) in [6, 6.07) is 14.2. The molecule has 28 heavy (non-hydrogen) atoms. The van der Waals surface area contributed by atoms with Gasteiger partial charge in [-0.15, -0.1) is 0 Å². The third kappa shape index (κ3) is 6.91. The molecule has 152 valence electrons. The minimum absolute atomic E-state index is 0.0518. The summed E-state index contributed by atoms with van der Waals surface area (Å²) in [5.74, 6) is 1.62. The van der Waals surface area contributed by atoms with Crippen molar-refractivity contribution < 1.29 is 14.3 Å². The molecule has 0 spiro atoms. The third-order valence-corrected chi connectivity index (χ3v) is 4.51. The maximum Gasteiger partial charge on any atom is 0.261 e. The van der Waals surface area contributed by atoms with Crippen LogP contribution in [0.4, 0.5) is 0 Å². The van der Waals surface area contributed by atoms with E-state index in [1.807, 2.05) is 65.0 Å². The lowest BCUT2D eigenvalue weighted by atomic mass is 10.1. The van der Waals surface area contributed by atoms with Gasteiger partial charge in [0, 0.05) is 6.54 Å². The van der Waals surface area contributed by atoms with E-state index in [9.17, 15) is 4.79 Å². The molecule has 0 heterocycles. The summed E-state index contributed by atoms with van der Waals surface area (Å²) in [4.78, 5) is 12.5. The first-order valence-corrected chi connectivity index (χ1v) is 10.2. The zero-order valence-electron chi connectivity index (χ0n) is 17.7. The second-order valence-corrected chi connectivity index (χ2v) is 7.49. The van der Waals surface area contributed by atoms with Gasteiger partial charge >= 0.3 is 0 Å². The van der Waals surface area contributed by atoms with E-state index in [2.05, 4.69) is 17.4 Å². The number of benzene rings is 2. The Morgan fingerprint density at radius 2 is 1.75 bits per heavy atom. The molecule has 2 aromatic rings. The normalized spacial score (nSPS) is 11.9. The lowest BCUT2D eigenvalue weighted by Gasteiger charge is -2.19. The van der Waals surface area contributed by atoms with Gasteiger partial charge in [-0.1, -0.05) is 31.2 Å². The zero-order chi connectivity index (χ0) is 20.5.